The Kier molecular flexibility index (Phi) is 3.75. The van der Waals surface area contributed by atoms with Gasteiger partial charge in [0.05, 0.1) is 16.7 Å². The van der Waals surface area contributed by atoms with E-state index in [-0.39, 0.29) is 15.0 Å². The van der Waals surface area contributed by atoms with Crippen LogP contribution in [0.5, 0.6) is 0 Å². The van der Waals surface area contributed by atoms with Gasteiger partial charge >= 0.3 is 0 Å². The minimum Gasteiger partial charge on any atom is -0.255 e. The number of aryl methyl sites for hydroxylation is 1. The van der Waals surface area contributed by atoms with E-state index in [1.165, 1.54) is 29.5 Å². The van der Waals surface area contributed by atoms with Crippen LogP contribution in [0.1, 0.15) is 10.4 Å². The molecule has 0 unspecified atom stereocenters. The number of nitriles is 1. The van der Waals surface area contributed by atoms with Crippen molar-refractivity contribution in [2.24, 2.45) is 0 Å². The first-order valence-electron chi connectivity index (χ1n) is 5.07. The zero-order chi connectivity index (χ0) is 14.0. The summed E-state index contributed by atoms with van der Waals surface area (Å²) >= 11 is 7.10. The van der Waals surface area contributed by atoms with Crippen LogP contribution in [-0.4, -0.2) is 13.4 Å². The third-order valence-corrected chi connectivity index (χ3v) is 4.97. The van der Waals surface area contributed by atoms with Crippen LogP contribution in [-0.2, 0) is 10.0 Å². The molecule has 0 spiro atoms. The zero-order valence-electron chi connectivity index (χ0n) is 9.71. The molecule has 0 saturated heterocycles. The van der Waals surface area contributed by atoms with Gasteiger partial charge in [0.25, 0.3) is 10.0 Å². The van der Waals surface area contributed by atoms with Gasteiger partial charge in [-0.25, -0.2) is 13.4 Å². The van der Waals surface area contributed by atoms with E-state index in [9.17, 15) is 8.42 Å². The number of anilines is 1. The molecule has 0 amide bonds. The topological polar surface area (TPSA) is 82.8 Å². The highest BCUT2D eigenvalue weighted by Crippen LogP contribution is 2.26. The van der Waals surface area contributed by atoms with E-state index < -0.39 is 10.0 Å². The molecule has 0 aliphatic heterocycles. The van der Waals surface area contributed by atoms with E-state index in [1.807, 2.05) is 13.0 Å². The fraction of sp³-hybridized carbons (Fsp3) is 0.0909. The summed E-state index contributed by atoms with van der Waals surface area (Å²) in [6.45, 7) is 1.82. The average molecular weight is 314 g/mol. The van der Waals surface area contributed by atoms with Crippen molar-refractivity contribution in [2.45, 2.75) is 11.8 Å². The highest BCUT2D eigenvalue weighted by Gasteiger charge is 2.19. The number of halogens is 1. The second kappa shape index (κ2) is 5.17. The third-order valence-electron chi connectivity index (χ3n) is 2.19. The van der Waals surface area contributed by atoms with Gasteiger partial charge in [0.1, 0.15) is 4.90 Å². The lowest BCUT2D eigenvalue weighted by molar-refractivity contribution is 0.601. The van der Waals surface area contributed by atoms with Gasteiger partial charge in [0, 0.05) is 11.1 Å². The number of nitrogens with one attached hydrogen (secondary N) is 1. The van der Waals surface area contributed by atoms with Crippen molar-refractivity contribution >= 4 is 38.1 Å². The van der Waals surface area contributed by atoms with Crippen molar-refractivity contribution in [3.8, 4) is 6.07 Å². The molecule has 0 aliphatic rings. The molecule has 2 aromatic rings. The summed E-state index contributed by atoms with van der Waals surface area (Å²) < 4.78 is 26.6. The predicted octanol–water partition coefficient (Wildman–Crippen LogP) is 2.78. The van der Waals surface area contributed by atoms with Crippen molar-refractivity contribution in [2.75, 3.05) is 4.72 Å². The molecule has 5 nitrogen and oxygen atoms in total. The van der Waals surface area contributed by atoms with Crippen LogP contribution < -0.4 is 4.72 Å². The van der Waals surface area contributed by atoms with Crippen molar-refractivity contribution in [3.63, 3.8) is 0 Å². The Hall–Kier alpha value is -1.62. The molecule has 0 fully saturated rings. The Morgan fingerprint density at radius 3 is 2.74 bits per heavy atom. The van der Waals surface area contributed by atoms with Crippen molar-refractivity contribution in [1.29, 1.82) is 5.26 Å². The number of aromatic nitrogens is 1. The highest BCUT2D eigenvalue weighted by molar-refractivity contribution is 7.93. The molecule has 2 rings (SSSR count). The molecule has 1 N–H and O–H groups in total. The van der Waals surface area contributed by atoms with Gasteiger partial charge < -0.3 is 0 Å². The van der Waals surface area contributed by atoms with Gasteiger partial charge in [0.2, 0.25) is 0 Å². The van der Waals surface area contributed by atoms with Gasteiger partial charge in [-0.1, -0.05) is 11.6 Å². The molecular weight excluding hydrogens is 306 g/mol. The number of hydrogen-bond donors (Lipinski definition) is 1. The minimum atomic E-state index is -3.80. The zero-order valence-corrected chi connectivity index (χ0v) is 12.1. The van der Waals surface area contributed by atoms with Crippen molar-refractivity contribution in [1.82, 2.24) is 4.98 Å². The normalized spacial score (nSPS) is 11.0. The molecule has 1 heterocycles. The van der Waals surface area contributed by atoms with Gasteiger partial charge in [0.15, 0.2) is 5.13 Å². The smallest absolute Gasteiger partial charge is 0.255 e. The van der Waals surface area contributed by atoms with Gasteiger partial charge in [-0.3, -0.25) is 4.72 Å². The molecule has 0 saturated carbocycles. The van der Waals surface area contributed by atoms with Crippen molar-refractivity contribution in [3.05, 3.63) is 39.9 Å². The number of hydrogen-bond acceptors (Lipinski definition) is 5. The molecule has 1 aromatic heterocycles. The van der Waals surface area contributed by atoms with Crippen molar-refractivity contribution < 1.29 is 8.42 Å². The molecule has 98 valence electrons. The highest BCUT2D eigenvalue weighted by atomic mass is 35.5. The predicted molar refractivity (Wildman–Crippen MR) is 73.8 cm³/mol. The standard InChI is InChI=1S/C11H8ClN3O2S2/c1-7-6-14-11(18-7)15-19(16,17)10-3-2-8(5-13)4-9(10)12/h2-4,6H,1H3,(H,14,15). The summed E-state index contributed by atoms with van der Waals surface area (Å²) in [5, 5.41) is 8.99. The van der Waals surface area contributed by atoms with E-state index in [4.69, 9.17) is 16.9 Å². The van der Waals surface area contributed by atoms with E-state index in [2.05, 4.69) is 9.71 Å². The maximum absolute atomic E-state index is 12.1. The SMILES string of the molecule is Cc1cnc(NS(=O)(=O)c2ccc(C#N)cc2Cl)s1. The Labute approximate surface area is 119 Å². The van der Waals surface area contributed by atoms with Crippen LogP contribution in [0, 0.1) is 18.3 Å². The first-order valence-corrected chi connectivity index (χ1v) is 7.75. The summed E-state index contributed by atoms with van der Waals surface area (Å²) in [7, 11) is -3.80. The molecule has 0 atom stereocenters. The quantitative estimate of drug-likeness (QED) is 0.944. The second-order valence-corrected chi connectivity index (χ2v) is 6.93. The molecule has 0 radical (unpaired) electrons. The van der Waals surface area contributed by atoms with Crippen LogP contribution in [0.4, 0.5) is 5.13 Å². The molecule has 0 aliphatic carbocycles. The van der Waals surface area contributed by atoms with Crippen LogP contribution in [0.25, 0.3) is 0 Å². The third kappa shape index (κ3) is 3.04. The lowest BCUT2D eigenvalue weighted by atomic mass is 10.2. The Balaban J connectivity index is 2.37. The van der Waals surface area contributed by atoms with Crippen LogP contribution in [0.3, 0.4) is 0 Å². The largest absolute Gasteiger partial charge is 0.265 e. The Morgan fingerprint density at radius 1 is 1.47 bits per heavy atom. The molecule has 19 heavy (non-hydrogen) atoms. The maximum atomic E-state index is 12.1. The van der Waals surface area contributed by atoms with Gasteiger partial charge in [-0.15, -0.1) is 11.3 Å². The summed E-state index contributed by atoms with van der Waals surface area (Å²) in [5.74, 6) is 0. The first kappa shape index (κ1) is 13.8. The van der Waals surface area contributed by atoms with Crippen LogP contribution in [0.15, 0.2) is 29.3 Å². The molecule has 0 bridgehead atoms. The number of thiazole rings is 1. The summed E-state index contributed by atoms with van der Waals surface area (Å²) in [6, 6.07) is 5.89. The Bertz CT molecular complexity index is 762. The van der Waals surface area contributed by atoms with Gasteiger partial charge in [-0.05, 0) is 25.1 Å². The molecular formula is C11H8ClN3O2S2. The van der Waals surface area contributed by atoms with E-state index in [0.29, 0.717) is 5.56 Å². The fourth-order valence-electron chi connectivity index (χ4n) is 1.36. The van der Waals surface area contributed by atoms with E-state index >= 15 is 0 Å². The average Bonchev–Trinajstić information content (AvgIpc) is 2.73. The molecule has 1 aromatic carbocycles. The van der Waals surface area contributed by atoms with Crippen LogP contribution in [0.2, 0.25) is 5.02 Å². The van der Waals surface area contributed by atoms with E-state index in [1.54, 1.807) is 6.20 Å². The number of rotatable bonds is 3. The van der Waals surface area contributed by atoms with E-state index in [0.717, 1.165) is 4.88 Å². The fourth-order valence-corrected chi connectivity index (χ4v) is 3.81. The number of nitrogens with zero attached hydrogens (tertiary/aromatic N) is 2. The second-order valence-electron chi connectivity index (χ2n) is 3.64. The number of sulfonamides is 1. The summed E-state index contributed by atoms with van der Waals surface area (Å²) in [5.41, 5.74) is 0.300. The number of benzene rings is 1. The van der Waals surface area contributed by atoms with Crippen LogP contribution >= 0.6 is 22.9 Å². The molecule has 8 heteroatoms. The summed E-state index contributed by atoms with van der Waals surface area (Å²) in [4.78, 5) is 4.73. The lowest BCUT2D eigenvalue weighted by Gasteiger charge is -2.06. The lowest BCUT2D eigenvalue weighted by Crippen LogP contribution is -2.13. The first-order chi connectivity index (χ1) is 8.92. The minimum absolute atomic E-state index is 0.000159. The van der Waals surface area contributed by atoms with Gasteiger partial charge in [-0.2, -0.15) is 5.26 Å². The maximum Gasteiger partial charge on any atom is 0.265 e. The monoisotopic (exact) mass is 313 g/mol. The Morgan fingerprint density at radius 2 is 2.21 bits per heavy atom. The summed E-state index contributed by atoms with van der Waals surface area (Å²) in [6.07, 6.45) is 1.57.